The first-order valence-corrected chi connectivity index (χ1v) is 5.76. The number of aliphatic hydroxyl groups is 1. The van der Waals surface area contributed by atoms with Crippen LogP contribution in [0.1, 0.15) is 22.2 Å². The minimum Gasteiger partial charge on any atom is -0.473 e. The summed E-state index contributed by atoms with van der Waals surface area (Å²) in [6.45, 7) is -0.162. The lowest BCUT2D eigenvalue weighted by molar-refractivity contribution is 0.0947. The van der Waals surface area contributed by atoms with Crippen molar-refractivity contribution < 1.29 is 19.0 Å². The summed E-state index contributed by atoms with van der Waals surface area (Å²) < 4.78 is 18.1. The van der Waals surface area contributed by atoms with E-state index in [2.05, 4.69) is 9.97 Å². The van der Waals surface area contributed by atoms with Crippen LogP contribution in [0.15, 0.2) is 36.5 Å². The van der Waals surface area contributed by atoms with Gasteiger partial charge in [0.05, 0.1) is 6.20 Å². The Hall–Kier alpha value is -2.54. The van der Waals surface area contributed by atoms with Gasteiger partial charge in [-0.3, -0.25) is 4.79 Å². The fourth-order valence-corrected chi connectivity index (χ4v) is 1.55. The van der Waals surface area contributed by atoms with Crippen LogP contribution in [-0.4, -0.2) is 27.6 Å². The number of benzene rings is 1. The number of rotatable bonds is 5. The van der Waals surface area contributed by atoms with Crippen molar-refractivity contribution >= 4 is 5.91 Å². The van der Waals surface area contributed by atoms with Gasteiger partial charge >= 0.3 is 0 Å². The van der Waals surface area contributed by atoms with Gasteiger partial charge in [-0.15, -0.1) is 0 Å². The van der Waals surface area contributed by atoms with Crippen LogP contribution in [0.4, 0.5) is 4.39 Å². The first-order valence-electron chi connectivity index (χ1n) is 5.76. The van der Waals surface area contributed by atoms with Crippen molar-refractivity contribution in [3.8, 4) is 5.88 Å². The summed E-state index contributed by atoms with van der Waals surface area (Å²) in [5.74, 6) is -2.11. The zero-order valence-corrected chi connectivity index (χ0v) is 10.4. The summed E-state index contributed by atoms with van der Waals surface area (Å²) >= 11 is 0. The van der Waals surface area contributed by atoms with E-state index >= 15 is 0 Å². The molecular formula is C13H12FN3O3. The van der Waals surface area contributed by atoms with Crippen molar-refractivity contribution in [3.63, 3.8) is 0 Å². The zero-order valence-electron chi connectivity index (χ0n) is 10.4. The Morgan fingerprint density at radius 2 is 2.10 bits per heavy atom. The molecular weight excluding hydrogens is 265 g/mol. The van der Waals surface area contributed by atoms with Crippen LogP contribution in [0, 0.1) is 5.95 Å². The van der Waals surface area contributed by atoms with Crippen LogP contribution in [0.25, 0.3) is 0 Å². The minimum atomic E-state index is -0.957. The number of aromatic nitrogens is 2. The van der Waals surface area contributed by atoms with Gasteiger partial charge in [-0.2, -0.15) is 4.39 Å². The highest BCUT2D eigenvalue weighted by molar-refractivity contribution is 5.92. The summed E-state index contributed by atoms with van der Waals surface area (Å²) in [6, 6.07) is 8.79. The SMILES string of the molecule is NC(=O)c1nc(F)cnc1OC[C@H](O)c1ccccc1. The van der Waals surface area contributed by atoms with Gasteiger partial charge < -0.3 is 15.6 Å². The molecule has 1 aromatic carbocycles. The molecule has 1 amide bonds. The Kier molecular flexibility index (Phi) is 4.21. The van der Waals surface area contributed by atoms with Crippen LogP contribution < -0.4 is 10.5 Å². The number of aliphatic hydroxyl groups excluding tert-OH is 1. The van der Waals surface area contributed by atoms with Gasteiger partial charge in [0.15, 0.2) is 5.69 Å². The Balaban J connectivity index is 2.09. The normalized spacial score (nSPS) is 11.9. The summed E-state index contributed by atoms with van der Waals surface area (Å²) in [7, 11) is 0. The van der Waals surface area contributed by atoms with Crippen molar-refractivity contribution in [3.05, 3.63) is 53.7 Å². The van der Waals surface area contributed by atoms with Gasteiger partial charge in [0, 0.05) is 0 Å². The van der Waals surface area contributed by atoms with Gasteiger partial charge in [-0.1, -0.05) is 30.3 Å². The highest BCUT2D eigenvalue weighted by atomic mass is 19.1. The molecule has 6 nitrogen and oxygen atoms in total. The van der Waals surface area contributed by atoms with Crippen molar-refractivity contribution in [1.82, 2.24) is 9.97 Å². The van der Waals surface area contributed by atoms with Crippen molar-refractivity contribution in [1.29, 1.82) is 0 Å². The van der Waals surface area contributed by atoms with Crippen LogP contribution >= 0.6 is 0 Å². The highest BCUT2D eigenvalue weighted by Crippen LogP contribution is 2.17. The second-order valence-corrected chi connectivity index (χ2v) is 3.95. The molecule has 0 aliphatic heterocycles. The van der Waals surface area contributed by atoms with Crippen LogP contribution in [-0.2, 0) is 0 Å². The van der Waals surface area contributed by atoms with E-state index in [0.717, 1.165) is 6.20 Å². The predicted molar refractivity (Wildman–Crippen MR) is 67.4 cm³/mol. The number of primary amides is 1. The number of carbonyl (C=O) groups is 1. The Labute approximate surface area is 114 Å². The van der Waals surface area contributed by atoms with E-state index in [9.17, 15) is 14.3 Å². The smallest absolute Gasteiger partial charge is 0.273 e. The van der Waals surface area contributed by atoms with Gasteiger partial charge in [0.2, 0.25) is 11.8 Å². The topological polar surface area (TPSA) is 98.3 Å². The lowest BCUT2D eigenvalue weighted by Crippen LogP contribution is -2.18. The van der Waals surface area contributed by atoms with Crippen molar-refractivity contribution in [2.24, 2.45) is 5.73 Å². The zero-order chi connectivity index (χ0) is 14.5. The van der Waals surface area contributed by atoms with Crippen LogP contribution in [0.5, 0.6) is 5.88 Å². The van der Waals surface area contributed by atoms with E-state index in [4.69, 9.17) is 10.5 Å². The Morgan fingerprint density at radius 1 is 1.40 bits per heavy atom. The first-order chi connectivity index (χ1) is 9.58. The lowest BCUT2D eigenvalue weighted by Gasteiger charge is -2.12. The maximum atomic E-state index is 12.9. The first kappa shape index (κ1) is 13.9. The number of amides is 1. The molecule has 20 heavy (non-hydrogen) atoms. The van der Waals surface area contributed by atoms with Crippen LogP contribution in [0.3, 0.4) is 0 Å². The molecule has 2 rings (SSSR count). The van der Waals surface area contributed by atoms with E-state index in [-0.39, 0.29) is 12.5 Å². The number of carbonyl (C=O) groups excluding carboxylic acids is 1. The summed E-state index contributed by atoms with van der Waals surface area (Å²) in [5, 5.41) is 9.90. The molecule has 2 aromatic rings. The monoisotopic (exact) mass is 277 g/mol. The van der Waals surface area contributed by atoms with E-state index in [0.29, 0.717) is 5.56 Å². The number of nitrogens with two attached hydrogens (primary N) is 1. The molecule has 0 aliphatic carbocycles. The second-order valence-electron chi connectivity index (χ2n) is 3.95. The standard InChI is InChI=1S/C13H12FN3O3/c14-10-6-16-13(11(17-10)12(15)19)20-7-9(18)8-4-2-1-3-5-8/h1-6,9,18H,7H2,(H2,15,19)/t9-/m0/s1. The quantitative estimate of drug-likeness (QED) is 0.843. The summed E-state index contributed by atoms with van der Waals surface area (Å²) in [6.07, 6.45) is -0.111. The van der Waals surface area contributed by atoms with E-state index in [1.165, 1.54) is 0 Å². The lowest BCUT2D eigenvalue weighted by atomic mass is 10.1. The van der Waals surface area contributed by atoms with Crippen molar-refractivity contribution in [2.75, 3.05) is 6.61 Å². The van der Waals surface area contributed by atoms with Gasteiger partial charge in [0.1, 0.15) is 12.7 Å². The number of nitrogens with zero attached hydrogens (tertiary/aromatic N) is 2. The number of hydrogen-bond acceptors (Lipinski definition) is 5. The molecule has 1 atom stereocenters. The molecule has 0 radical (unpaired) electrons. The molecule has 104 valence electrons. The maximum absolute atomic E-state index is 12.9. The Morgan fingerprint density at radius 3 is 2.75 bits per heavy atom. The molecule has 0 saturated carbocycles. The average Bonchev–Trinajstić information content (AvgIpc) is 2.46. The third-order valence-electron chi connectivity index (χ3n) is 2.51. The van der Waals surface area contributed by atoms with Gasteiger partial charge in [0.25, 0.3) is 5.91 Å². The van der Waals surface area contributed by atoms with E-state index in [1.807, 2.05) is 6.07 Å². The van der Waals surface area contributed by atoms with Crippen molar-refractivity contribution in [2.45, 2.75) is 6.10 Å². The average molecular weight is 277 g/mol. The molecule has 0 bridgehead atoms. The van der Waals surface area contributed by atoms with Gasteiger partial charge in [-0.05, 0) is 5.56 Å². The van der Waals surface area contributed by atoms with E-state index < -0.39 is 23.7 Å². The summed E-state index contributed by atoms with van der Waals surface area (Å²) in [5.41, 5.74) is 5.28. The highest BCUT2D eigenvalue weighted by Gasteiger charge is 2.16. The van der Waals surface area contributed by atoms with E-state index in [1.54, 1.807) is 24.3 Å². The molecule has 0 aliphatic rings. The molecule has 0 unspecified atom stereocenters. The molecule has 7 heteroatoms. The number of ether oxygens (including phenoxy) is 1. The second kappa shape index (κ2) is 6.07. The molecule has 0 spiro atoms. The molecule has 0 fully saturated rings. The minimum absolute atomic E-state index is 0.162. The Bertz CT molecular complexity index is 607. The largest absolute Gasteiger partial charge is 0.473 e. The fourth-order valence-electron chi connectivity index (χ4n) is 1.55. The molecule has 0 saturated heterocycles. The molecule has 3 N–H and O–H groups in total. The third-order valence-corrected chi connectivity index (χ3v) is 2.51. The molecule has 1 aromatic heterocycles. The van der Waals surface area contributed by atoms with Gasteiger partial charge in [-0.25, -0.2) is 9.97 Å². The molecule has 1 heterocycles. The number of hydrogen-bond donors (Lipinski definition) is 2. The summed E-state index contributed by atoms with van der Waals surface area (Å²) in [4.78, 5) is 18.0. The maximum Gasteiger partial charge on any atom is 0.273 e. The third kappa shape index (κ3) is 3.27. The van der Waals surface area contributed by atoms with Crippen LogP contribution in [0.2, 0.25) is 0 Å². The fraction of sp³-hybridized carbons (Fsp3) is 0.154. The number of halogens is 1. The predicted octanol–water partition coefficient (Wildman–Crippen LogP) is 0.827.